The third kappa shape index (κ3) is 3.54. The van der Waals surface area contributed by atoms with Crippen LogP contribution in [0.25, 0.3) is 0 Å². The van der Waals surface area contributed by atoms with Crippen molar-refractivity contribution < 1.29 is 19.4 Å². The van der Waals surface area contributed by atoms with Gasteiger partial charge in [0.05, 0.1) is 6.10 Å². The Hall–Kier alpha value is -1.59. The highest BCUT2D eigenvalue weighted by atomic mass is 16.5. The van der Waals surface area contributed by atoms with Gasteiger partial charge in [0, 0.05) is 19.3 Å². The molecule has 2 aliphatic rings. The van der Waals surface area contributed by atoms with E-state index >= 15 is 0 Å². The molecule has 0 bridgehead atoms. The Bertz CT molecular complexity index is 511. The van der Waals surface area contributed by atoms with E-state index in [1.165, 1.54) is 0 Å². The maximum Gasteiger partial charge on any atom is 0.258 e. The molecule has 1 atom stereocenters. The van der Waals surface area contributed by atoms with Crippen molar-refractivity contribution in [2.24, 2.45) is 0 Å². The molecule has 1 aliphatic carbocycles. The first kappa shape index (κ1) is 14.4. The molecule has 1 fully saturated rings. The lowest BCUT2D eigenvalue weighted by molar-refractivity contribution is -0.124. The van der Waals surface area contributed by atoms with Gasteiger partial charge in [0.25, 0.3) is 5.91 Å². The normalized spacial score (nSPS) is 21.9. The van der Waals surface area contributed by atoms with Gasteiger partial charge in [-0.25, -0.2) is 0 Å². The van der Waals surface area contributed by atoms with Crippen LogP contribution in [0.2, 0.25) is 0 Å². The summed E-state index contributed by atoms with van der Waals surface area (Å²) in [4.78, 5) is 11.9. The molecule has 0 saturated carbocycles. The summed E-state index contributed by atoms with van der Waals surface area (Å²) >= 11 is 0. The van der Waals surface area contributed by atoms with Gasteiger partial charge in [-0.05, 0) is 48.9 Å². The molecule has 1 aromatic carbocycles. The number of fused-ring (bicyclic) bond motifs is 1. The monoisotopic (exact) mass is 291 g/mol. The third-order valence-corrected chi connectivity index (χ3v) is 4.12. The summed E-state index contributed by atoms with van der Waals surface area (Å²) in [6.45, 7) is 1.44. The van der Waals surface area contributed by atoms with Gasteiger partial charge in [0.15, 0.2) is 6.61 Å². The van der Waals surface area contributed by atoms with Crippen LogP contribution in [-0.4, -0.2) is 36.9 Å². The van der Waals surface area contributed by atoms with Crippen molar-refractivity contribution in [3.8, 4) is 5.75 Å². The predicted molar refractivity (Wildman–Crippen MR) is 77.2 cm³/mol. The van der Waals surface area contributed by atoms with Crippen LogP contribution >= 0.6 is 0 Å². The van der Waals surface area contributed by atoms with Crippen molar-refractivity contribution in [2.45, 2.75) is 37.8 Å². The maximum absolute atomic E-state index is 11.9. The number of rotatable bonds is 4. The lowest BCUT2D eigenvalue weighted by Gasteiger charge is -2.23. The van der Waals surface area contributed by atoms with E-state index in [9.17, 15) is 9.90 Å². The molecule has 114 valence electrons. The summed E-state index contributed by atoms with van der Waals surface area (Å²) in [5, 5.41) is 12.7. The molecule has 0 spiro atoms. The van der Waals surface area contributed by atoms with E-state index in [1.807, 2.05) is 18.2 Å². The van der Waals surface area contributed by atoms with Crippen molar-refractivity contribution in [1.29, 1.82) is 0 Å². The van der Waals surface area contributed by atoms with Gasteiger partial charge in [0.2, 0.25) is 0 Å². The van der Waals surface area contributed by atoms with Crippen LogP contribution < -0.4 is 10.1 Å². The number of ether oxygens (including phenoxy) is 2. The SMILES string of the molecule is O=C(COc1ccc2c(c1)CC[C@@H]2O)NC1CCOCC1. The first-order valence-electron chi connectivity index (χ1n) is 7.53. The predicted octanol–water partition coefficient (Wildman–Crippen LogP) is 1.34. The number of aliphatic hydroxyl groups is 1. The van der Waals surface area contributed by atoms with Gasteiger partial charge in [0.1, 0.15) is 5.75 Å². The first-order chi connectivity index (χ1) is 10.2. The van der Waals surface area contributed by atoms with Gasteiger partial charge in [-0.3, -0.25) is 4.79 Å². The first-order valence-corrected chi connectivity index (χ1v) is 7.53. The minimum Gasteiger partial charge on any atom is -0.484 e. The largest absolute Gasteiger partial charge is 0.484 e. The Morgan fingerprint density at radius 1 is 1.33 bits per heavy atom. The summed E-state index contributed by atoms with van der Waals surface area (Å²) < 4.78 is 10.8. The Labute approximate surface area is 124 Å². The Kier molecular flexibility index (Phi) is 4.41. The molecule has 2 N–H and O–H groups in total. The summed E-state index contributed by atoms with van der Waals surface area (Å²) in [5.41, 5.74) is 2.10. The topological polar surface area (TPSA) is 67.8 Å². The van der Waals surface area contributed by atoms with Crippen LogP contribution in [0, 0.1) is 0 Å². The van der Waals surface area contributed by atoms with Crippen molar-refractivity contribution >= 4 is 5.91 Å². The lowest BCUT2D eigenvalue weighted by atomic mass is 10.1. The van der Waals surface area contributed by atoms with Crippen LogP contribution in [0.3, 0.4) is 0 Å². The maximum atomic E-state index is 11.9. The van der Waals surface area contributed by atoms with Crippen molar-refractivity contribution in [2.75, 3.05) is 19.8 Å². The third-order valence-electron chi connectivity index (χ3n) is 4.12. The summed E-state index contributed by atoms with van der Waals surface area (Å²) in [6, 6.07) is 5.83. The zero-order valence-electron chi connectivity index (χ0n) is 12.0. The second kappa shape index (κ2) is 6.45. The highest BCUT2D eigenvalue weighted by molar-refractivity contribution is 5.77. The molecule has 3 rings (SSSR count). The van der Waals surface area contributed by atoms with E-state index in [1.54, 1.807) is 0 Å². The molecule has 1 aromatic rings. The van der Waals surface area contributed by atoms with Crippen LogP contribution in [-0.2, 0) is 16.0 Å². The number of carbonyl (C=O) groups excluding carboxylic acids is 1. The van der Waals surface area contributed by atoms with Gasteiger partial charge in [-0.1, -0.05) is 6.07 Å². The Morgan fingerprint density at radius 3 is 2.95 bits per heavy atom. The number of hydrogen-bond donors (Lipinski definition) is 2. The van der Waals surface area contributed by atoms with E-state index in [4.69, 9.17) is 9.47 Å². The Balaban J connectivity index is 1.49. The van der Waals surface area contributed by atoms with Gasteiger partial charge < -0.3 is 19.9 Å². The molecule has 5 heteroatoms. The second-order valence-electron chi connectivity index (χ2n) is 5.66. The fourth-order valence-corrected chi connectivity index (χ4v) is 2.92. The fourth-order valence-electron chi connectivity index (χ4n) is 2.92. The van der Waals surface area contributed by atoms with Crippen molar-refractivity contribution in [3.05, 3.63) is 29.3 Å². The Morgan fingerprint density at radius 2 is 2.14 bits per heavy atom. The van der Waals surface area contributed by atoms with Crippen LogP contribution in [0.5, 0.6) is 5.75 Å². The lowest BCUT2D eigenvalue weighted by Crippen LogP contribution is -2.41. The zero-order chi connectivity index (χ0) is 14.7. The molecular weight excluding hydrogens is 270 g/mol. The van der Waals surface area contributed by atoms with E-state index in [0.717, 1.165) is 36.8 Å². The minimum absolute atomic E-state index is 0.0265. The zero-order valence-corrected chi connectivity index (χ0v) is 12.0. The number of carbonyl (C=O) groups is 1. The molecular formula is C16H21NO4. The summed E-state index contributed by atoms with van der Waals surface area (Å²) in [5.74, 6) is 0.590. The van der Waals surface area contributed by atoms with E-state index in [2.05, 4.69) is 5.32 Å². The standard InChI is InChI=1S/C16H21NO4/c18-15-4-1-11-9-13(2-3-14(11)15)21-10-16(19)17-12-5-7-20-8-6-12/h2-3,9,12,15,18H,1,4-8,10H2,(H,17,19)/t15-/m0/s1. The quantitative estimate of drug-likeness (QED) is 0.878. The van der Waals surface area contributed by atoms with Crippen LogP contribution in [0.15, 0.2) is 18.2 Å². The highest BCUT2D eigenvalue weighted by Gasteiger charge is 2.21. The summed E-state index contributed by atoms with van der Waals surface area (Å²) in [6.07, 6.45) is 3.00. The van der Waals surface area contributed by atoms with Crippen molar-refractivity contribution in [1.82, 2.24) is 5.32 Å². The highest BCUT2D eigenvalue weighted by Crippen LogP contribution is 2.33. The molecule has 21 heavy (non-hydrogen) atoms. The molecule has 5 nitrogen and oxygen atoms in total. The van der Waals surface area contributed by atoms with Gasteiger partial charge >= 0.3 is 0 Å². The minimum atomic E-state index is -0.356. The van der Waals surface area contributed by atoms with Crippen LogP contribution in [0.4, 0.5) is 0 Å². The van der Waals surface area contributed by atoms with E-state index in [-0.39, 0.29) is 24.7 Å². The number of aryl methyl sites for hydroxylation is 1. The molecule has 1 aliphatic heterocycles. The molecule has 0 aromatic heterocycles. The molecule has 0 radical (unpaired) electrons. The van der Waals surface area contributed by atoms with Gasteiger partial charge in [-0.15, -0.1) is 0 Å². The number of nitrogens with one attached hydrogen (secondary N) is 1. The fraction of sp³-hybridized carbons (Fsp3) is 0.562. The molecule has 1 saturated heterocycles. The van der Waals surface area contributed by atoms with Crippen LogP contribution in [0.1, 0.15) is 36.5 Å². The number of amides is 1. The molecule has 0 unspecified atom stereocenters. The van der Waals surface area contributed by atoms with Gasteiger partial charge in [-0.2, -0.15) is 0 Å². The summed E-state index contributed by atoms with van der Waals surface area (Å²) in [7, 11) is 0. The van der Waals surface area contributed by atoms with E-state index < -0.39 is 0 Å². The molecule has 1 heterocycles. The number of aliphatic hydroxyl groups excluding tert-OH is 1. The number of benzene rings is 1. The van der Waals surface area contributed by atoms with E-state index in [0.29, 0.717) is 19.0 Å². The molecule has 1 amide bonds. The second-order valence-corrected chi connectivity index (χ2v) is 5.66. The number of hydrogen-bond acceptors (Lipinski definition) is 4. The smallest absolute Gasteiger partial charge is 0.258 e. The average Bonchev–Trinajstić information content (AvgIpc) is 2.87. The van der Waals surface area contributed by atoms with Crippen molar-refractivity contribution in [3.63, 3.8) is 0 Å². The average molecular weight is 291 g/mol.